The number of amides is 2. The number of para-hydroxylation sites is 1. The van der Waals surface area contributed by atoms with E-state index in [-0.39, 0.29) is 28.8 Å². The molecule has 0 atom stereocenters. The zero-order valence-corrected chi connectivity index (χ0v) is 16.5. The van der Waals surface area contributed by atoms with Crippen LogP contribution in [-0.2, 0) is 11.2 Å². The van der Waals surface area contributed by atoms with Crippen molar-refractivity contribution in [3.05, 3.63) is 59.7 Å². The molecule has 0 unspecified atom stereocenters. The van der Waals surface area contributed by atoms with Gasteiger partial charge in [-0.05, 0) is 43.4 Å². The third-order valence-electron chi connectivity index (χ3n) is 4.58. The molecule has 0 aliphatic carbocycles. The number of phenols is 1. The maximum atomic E-state index is 12.2. The normalized spacial score (nSPS) is 10.5. The van der Waals surface area contributed by atoms with Crippen molar-refractivity contribution < 1.29 is 14.7 Å². The molecule has 150 valence electrons. The van der Waals surface area contributed by atoms with Crippen molar-refractivity contribution in [3.63, 3.8) is 0 Å². The maximum Gasteiger partial charge on any atom is 0.255 e. The summed E-state index contributed by atoms with van der Waals surface area (Å²) in [6.07, 6.45) is 6.06. The second kappa shape index (κ2) is 11.8. The number of unbranched alkanes of at least 4 members (excludes halogenated alkanes) is 3. The molecule has 0 aliphatic rings. The van der Waals surface area contributed by atoms with E-state index >= 15 is 0 Å². The monoisotopic (exact) mass is 382 g/mol. The van der Waals surface area contributed by atoms with Gasteiger partial charge in [0, 0.05) is 13.0 Å². The standard InChI is InChI=1S/C23H30N2O3/c1-2-3-17-24-23(28)19-14-10-15-20(22(19)27)25-21(26)16-9-5-8-13-18-11-6-4-7-12-18/h4,6-7,10-12,14-15,27H,2-3,5,8-9,13,16-17H2,1H3,(H,24,28)(H,25,26). The molecule has 5 nitrogen and oxygen atoms in total. The van der Waals surface area contributed by atoms with Gasteiger partial charge in [-0.15, -0.1) is 0 Å². The summed E-state index contributed by atoms with van der Waals surface area (Å²) in [5.41, 5.74) is 1.76. The quantitative estimate of drug-likeness (QED) is 0.390. The SMILES string of the molecule is CCCCNC(=O)c1cccc(NC(=O)CCCCCc2ccccc2)c1O. The van der Waals surface area contributed by atoms with Gasteiger partial charge in [0.15, 0.2) is 5.75 Å². The van der Waals surface area contributed by atoms with Crippen LogP contribution >= 0.6 is 0 Å². The van der Waals surface area contributed by atoms with E-state index in [0.29, 0.717) is 13.0 Å². The van der Waals surface area contributed by atoms with Gasteiger partial charge in [0.05, 0.1) is 11.3 Å². The first kappa shape index (κ1) is 21.5. The lowest BCUT2D eigenvalue weighted by Gasteiger charge is -2.11. The molecule has 5 heteroatoms. The zero-order chi connectivity index (χ0) is 20.2. The number of hydrogen-bond acceptors (Lipinski definition) is 3. The minimum Gasteiger partial charge on any atom is -0.505 e. The van der Waals surface area contributed by atoms with E-state index in [1.54, 1.807) is 18.2 Å². The van der Waals surface area contributed by atoms with Crippen LogP contribution in [0.2, 0.25) is 0 Å². The van der Waals surface area contributed by atoms with Gasteiger partial charge in [-0.3, -0.25) is 9.59 Å². The Labute approximate surface area is 167 Å². The lowest BCUT2D eigenvalue weighted by molar-refractivity contribution is -0.116. The summed E-state index contributed by atoms with van der Waals surface area (Å²) in [7, 11) is 0. The number of benzene rings is 2. The van der Waals surface area contributed by atoms with E-state index < -0.39 is 0 Å². The highest BCUT2D eigenvalue weighted by atomic mass is 16.3. The van der Waals surface area contributed by atoms with Crippen LogP contribution in [-0.4, -0.2) is 23.5 Å². The predicted octanol–water partition coefficient (Wildman–Crippen LogP) is 4.66. The molecule has 0 bridgehead atoms. The van der Waals surface area contributed by atoms with Gasteiger partial charge >= 0.3 is 0 Å². The predicted molar refractivity (Wildman–Crippen MR) is 113 cm³/mol. The summed E-state index contributed by atoms with van der Waals surface area (Å²) in [5, 5.41) is 15.8. The molecule has 0 radical (unpaired) electrons. The molecular weight excluding hydrogens is 352 g/mol. The highest BCUT2D eigenvalue weighted by molar-refractivity contribution is 6.01. The number of carbonyl (C=O) groups excluding carboxylic acids is 2. The van der Waals surface area contributed by atoms with Crippen molar-refractivity contribution in [2.24, 2.45) is 0 Å². The first-order valence-corrected chi connectivity index (χ1v) is 10.1. The fraction of sp³-hybridized carbons (Fsp3) is 0.391. The van der Waals surface area contributed by atoms with Gasteiger partial charge in [0.25, 0.3) is 5.91 Å². The van der Waals surface area contributed by atoms with Crippen LogP contribution in [0, 0.1) is 0 Å². The lowest BCUT2D eigenvalue weighted by atomic mass is 10.1. The van der Waals surface area contributed by atoms with Crippen molar-refractivity contribution >= 4 is 17.5 Å². The Kier molecular flexibility index (Phi) is 9.05. The molecule has 2 aromatic carbocycles. The zero-order valence-electron chi connectivity index (χ0n) is 16.5. The fourth-order valence-electron chi connectivity index (χ4n) is 2.95. The number of nitrogens with one attached hydrogen (secondary N) is 2. The maximum absolute atomic E-state index is 12.2. The lowest BCUT2D eigenvalue weighted by Crippen LogP contribution is -2.24. The van der Waals surface area contributed by atoms with Crippen molar-refractivity contribution in [2.75, 3.05) is 11.9 Å². The molecule has 0 spiro atoms. The van der Waals surface area contributed by atoms with E-state index in [4.69, 9.17) is 0 Å². The molecule has 2 aromatic rings. The summed E-state index contributed by atoms with van der Waals surface area (Å²) in [6.45, 7) is 2.61. The number of aromatic hydroxyl groups is 1. The van der Waals surface area contributed by atoms with Gasteiger partial charge < -0.3 is 15.7 Å². The van der Waals surface area contributed by atoms with Gasteiger partial charge in [-0.25, -0.2) is 0 Å². The van der Waals surface area contributed by atoms with E-state index in [1.807, 2.05) is 25.1 Å². The summed E-state index contributed by atoms with van der Waals surface area (Å²) < 4.78 is 0. The topological polar surface area (TPSA) is 78.4 Å². The van der Waals surface area contributed by atoms with Gasteiger partial charge in [-0.1, -0.05) is 56.2 Å². The number of phenolic OH excluding ortho intramolecular Hbond substituents is 1. The van der Waals surface area contributed by atoms with Gasteiger partial charge in [0.1, 0.15) is 0 Å². The summed E-state index contributed by atoms with van der Waals surface area (Å²) in [4.78, 5) is 24.3. The van der Waals surface area contributed by atoms with Gasteiger partial charge in [-0.2, -0.15) is 0 Å². The Morgan fingerprint density at radius 2 is 1.71 bits per heavy atom. The molecule has 3 N–H and O–H groups in total. The van der Waals surface area contributed by atoms with Crippen LogP contribution in [0.25, 0.3) is 0 Å². The average molecular weight is 383 g/mol. The third-order valence-corrected chi connectivity index (χ3v) is 4.58. The molecule has 0 heterocycles. The Morgan fingerprint density at radius 1 is 0.929 bits per heavy atom. The summed E-state index contributed by atoms with van der Waals surface area (Å²) in [6, 6.07) is 15.1. The molecule has 0 fully saturated rings. The second-order valence-electron chi connectivity index (χ2n) is 6.91. The molecule has 0 aliphatic heterocycles. The first-order valence-electron chi connectivity index (χ1n) is 10.1. The van der Waals surface area contributed by atoms with Crippen LogP contribution in [0.1, 0.15) is 61.4 Å². The number of rotatable bonds is 11. The largest absolute Gasteiger partial charge is 0.505 e. The molecule has 28 heavy (non-hydrogen) atoms. The molecule has 2 amide bonds. The van der Waals surface area contributed by atoms with Crippen LogP contribution < -0.4 is 10.6 Å². The molecule has 0 saturated heterocycles. The molecule has 0 saturated carbocycles. The number of hydrogen-bond donors (Lipinski definition) is 3. The van der Waals surface area contributed by atoms with E-state index in [0.717, 1.165) is 38.5 Å². The van der Waals surface area contributed by atoms with E-state index in [1.165, 1.54) is 5.56 Å². The summed E-state index contributed by atoms with van der Waals surface area (Å²) in [5.74, 6) is -0.671. The van der Waals surface area contributed by atoms with Crippen LogP contribution in [0.4, 0.5) is 5.69 Å². The molecule has 0 aromatic heterocycles. The van der Waals surface area contributed by atoms with Crippen LogP contribution in [0.3, 0.4) is 0 Å². The van der Waals surface area contributed by atoms with E-state index in [2.05, 4.69) is 22.8 Å². The Balaban J connectivity index is 1.76. The summed E-state index contributed by atoms with van der Waals surface area (Å²) >= 11 is 0. The number of anilines is 1. The van der Waals surface area contributed by atoms with Crippen molar-refractivity contribution in [1.82, 2.24) is 5.32 Å². The smallest absolute Gasteiger partial charge is 0.255 e. The highest BCUT2D eigenvalue weighted by Crippen LogP contribution is 2.27. The average Bonchev–Trinajstić information content (AvgIpc) is 2.70. The Morgan fingerprint density at radius 3 is 2.46 bits per heavy atom. The van der Waals surface area contributed by atoms with Crippen molar-refractivity contribution in [3.8, 4) is 5.75 Å². The second-order valence-corrected chi connectivity index (χ2v) is 6.91. The van der Waals surface area contributed by atoms with Gasteiger partial charge in [0.2, 0.25) is 5.91 Å². The third kappa shape index (κ3) is 7.06. The van der Waals surface area contributed by atoms with Crippen LogP contribution in [0.5, 0.6) is 5.75 Å². The fourth-order valence-corrected chi connectivity index (χ4v) is 2.95. The minimum atomic E-state index is -0.331. The van der Waals surface area contributed by atoms with Crippen LogP contribution in [0.15, 0.2) is 48.5 Å². The van der Waals surface area contributed by atoms with Crippen molar-refractivity contribution in [2.45, 2.75) is 51.9 Å². The Hall–Kier alpha value is -2.82. The molecule has 2 rings (SSSR count). The number of carbonyl (C=O) groups is 2. The van der Waals surface area contributed by atoms with Crippen molar-refractivity contribution in [1.29, 1.82) is 0 Å². The highest BCUT2D eigenvalue weighted by Gasteiger charge is 2.15. The molecular formula is C23H30N2O3. The Bertz CT molecular complexity index is 760. The first-order chi connectivity index (χ1) is 13.6. The number of aryl methyl sites for hydroxylation is 1. The minimum absolute atomic E-state index is 0.154. The van der Waals surface area contributed by atoms with E-state index in [9.17, 15) is 14.7 Å².